The molecule has 2 fully saturated rings. The maximum atomic E-state index is 12.4. The summed E-state index contributed by atoms with van der Waals surface area (Å²) in [7, 11) is -2.27. The summed E-state index contributed by atoms with van der Waals surface area (Å²) in [5.74, 6) is 0.662. The van der Waals surface area contributed by atoms with Crippen LogP contribution in [0.5, 0.6) is 0 Å². The molecule has 0 spiro atoms. The van der Waals surface area contributed by atoms with Crippen molar-refractivity contribution in [2.45, 2.75) is 23.8 Å². The van der Waals surface area contributed by atoms with Crippen molar-refractivity contribution in [2.24, 2.45) is 17.6 Å². The van der Waals surface area contributed by atoms with Crippen molar-refractivity contribution in [3.63, 3.8) is 0 Å². The molecule has 1 amide bonds. The Balaban J connectivity index is 0.00000208. The lowest BCUT2D eigenvalue weighted by Crippen LogP contribution is -2.41. The summed E-state index contributed by atoms with van der Waals surface area (Å²) < 4.78 is 25.9. The highest BCUT2D eigenvalue weighted by molar-refractivity contribution is 7.89. The lowest BCUT2D eigenvalue weighted by Gasteiger charge is -2.22. The Morgan fingerprint density at radius 3 is 2.79 bits per heavy atom. The summed E-state index contributed by atoms with van der Waals surface area (Å²) in [6, 6.07) is 3.20. The molecule has 2 aliphatic rings. The molecule has 1 aliphatic carbocycles. The average molecular weight is 375 g/mol. The summed E-state index contributed by atoms with van der Waals surface area (Å²) in [4.78, 5) is 18.1. The summed E-state index contributed by atoms with van der Waals surface area (Å²) in [5, 5.41) is 0. The topological polar surface area (TPSA) is 96.6 Å². The number of likely N-dealkylation sites (tertiary alicyclic amines) is 1. The van der Waals surface area contributed by atoms with Crippen LogP contribution < -0.4 is 5.73 Å². The second kappa shape index (κ2) is 7.35. The number of nitrogens with two attached hydrogens (primary N) is 1. The van der Waals surface area contributed by atoms with Gasteiger partial charge < -0.3 is 10.6 Å². The van der Waals surface area contributed by atoms with Gasteiger partial charge in [0.25, 0.3) is 0 Å². The van der Waals surface area contributed by atoms with E-state index in [1.807, 2.05) is 0 Å². The monoisotopic (exact) mass is 374 g/mol. The molecule has 2 N–H and O–H groups in total. The number of amides is 1. The van der Waals surface area contributed by atoms with E-state index in [9.17, 15) is 13.2 Å². The van der Waals surface area contributed by atoms with Crippen LogP contribution in [0.4, 0.5) is 0 Å². The van der Waals surface area contributed by atoms with Crippen LogP contribution in [0.1, 0.15) is 12.8 Å². The number of sulfonamides is 1. The SMILES string of the molecule is CN(CC(=O)N1CC2CCC(N)C2C1)S(=O)(=O)c1cccnc1.Cl. The number of carbonyl (C=O) groups is 1. The Morgan fingerprint density at radius 2 is 2.17 bits per heavy atom. The van der Waals surface area contributed by atoms with Crippen LogP contribution in [0, 0.1) is 11.8 Å². The van der Waals surface area contributed by atoms with Gasteiger partial charge in [-0.1, -0.05) is 0 Å². The van der Waals surface area contributed by atoms with Gasteiger partial charge in [0, 0.05) is 38.6 Å². The van der Waals surface area contributed by atoms with Crippen molar-refractivity contribution < 1.29 is 13.2 Å². The van der Waals surface area contributed by atoms with Crippen LogP contribution >= 0.6 is 12.4 Å². The minimum Gasteiger partial charge on any atom is -0.341 e. The van der Waals surface area contributed by atoms with Gasteiger partial charge in [-0.05, 0) is 36.8 Å². The number of hydrogen-bond donors (Lipinski definition) is 1. The minimum atomic E-state index is -3.69. The number of fused-ring (bicyclic) bond motifs is 1. The van der Waals surface area contributed by atoms with Crippen molar-refractivity contribution in [3.8, 4) is 0 Å². The second-order valence-corrected chi connectivity index (χ2v) is 8.46. The minimum absolute atomic E-state index is 0. The Labute approximate surface area is 148 Å². The highest BCUT2D eigenvalue weighted by Gasteiger charge is 2.42. The first-order valence-electron chi connectivity index (χ1n) is 7.79. The predicted molar refractivity (Wildman–Crippen MR) is 92.1 cm³/mol. The Morgan fingerprint density at radius 1 is 1.42 bits per heavy atom. The number of rotatable bonds is 4. The van der Waals surface area contributed by atoms with E-state index in [4.69, 9.17) is 5.73 Å². The molecule has 7 nitrogen and oxygen atoms in total. The molecule has 9 heteroatoms. The third kappa shape index (κ3) is 3.56. The molecule has 3 unspecified atom stereocenters. The normalized spacial score (nSPS) is 26.3. The first-order valence-corrected chi connectivity index (χ1v) is 9.23. The van der Waals surface area contributed by atoms with Gasteiger partial charge in [0.15, 0.2) is 0 Å². The Kier molecular flexibility index (Phi) is 5.85. The standard InChI is InChI=1S/C15H22N4O3S.ClH/c1-18(23(21,22)12-3-2-6-17-7-12)10-15(20)19-8-11-4-5-14(16)13(11)9-19;/h2-3,6-7,11,13-14H,4-5,8-10,16H2,1H3;1H. The number of hydrogen-bond acceptors (Lipinski definition) is 5. The molecule has 0 aromatic carbocycles. The quantitative estimate of drug-likeness (QED) is 0.818. The van der Waals surface area contributed by atoms with Crippen LogP contribution in [-0.2, 0) is 14.8 Å². The second-order valence-electron chi connectivity index (χ2n) is 6.41. The fraction of sp³-hybridized carbons (Fsp3) is 0.600. The Bertz CT molecular complexity index is 685. The van der Waals surface area contributed by atoms with Gasteiger partial charge in [0.2, 0.25) is 15.9 Å². The molecule has 0 bridgehead atoms. The van der Waals surface area contributed by atoms with Crippen LogP contribution in [0.25, 0.3) is 0 Å². The van der Waals surface area contributed by atoms with Crippen LogP contribution in [-0.4, -0.2) is 61.2 Å². The summed E-state index contributed by atoms with van der Waals surface area (Å²) >= 11 is 0. The predicted octanol–water partition coefficient (Wildman–Crippen LogP) is 0.320. The van der Waals surface area contributed by atoms with E-state index in [1.165, 1.54) is 25.5 Å². The van der Waals surface area contributed by atoms with Crippen molar-refractivity contribution >= 4 is 28.3 Å². The molecular formula is C15H23ClN4O3S. The van der Waals surface area contributed by atoms with Crippen LogP contribution in [0.2, 0.25) is 0 Å². The molecule has 1 aliphatic heterocycles. The molecule has 0 radical (unpaired) electrons. The van der Waals surface area contributed by atoms with Gasteiger partial charge in [-0.2, -0.15) is 4.31 Å². The van der Waals surface area contributed by atoms with E-state index in [1.54, 1.807) is 11.0 Å². The van der Waals surface area contributed by atoms with Gasteiger partial charge in [-0.15, -0.1) is 12.4 Å². The van der Waals surface area contributed by atoms with Crippen molar-refractivity contribution in [2.75, 3.05) is 26.7 Å². The molecular weight excluding hydrogens is 352 g/mol. The molecule has 24 heavy (non-hydrogen) atoms. The van der Waals surface area contributed by atoms with Crippen LogP contribution in [0.3, 0.4) is 0 Å². The largest absolute Gasteiger partial charge is 0.341 e. The molecule has 1 saturated heterocycles. The van der Waals surface area contributed by atoms with E-state index >= 15 is 0 Å². The van der Waals surface area contributed by atoms with E-state index < -0.39 is 10.0 Å². The number of aromatic nitrogens is 1. The fourth-order valence-corrected chi connectivity index (χ4v) is 4.65. The Hall–Kier alpha value is -1.22. The zero-order valence-corrected chi connectivity index (χ0v) is 15.2. The van der Waals surface area contributed by atoms with E-state index in [0.29, 0.717) is 24.9 Å². The number of halogens is 1. The van der Waals surface area contributed by atoms with Gasteiger partial charge in [-0.3, -0.25) is 9.78 Å². The van der Waals surface area contributed by atoms with E-state index in [0.717, 1.165) is 17.1 Å². The maximum Gasteiger partial charge on any atom is 0.244 e. The van der Waals surface area contributed by atoms with E-state index in [2.05, 4.69) is 4.98 Å². The zero-order valence-electron chi connectivity index (χ0n) is 13.5. The van der Waals surface area contributed by atoms with Gasteiger partial charge in [0.1, 0.15) is 4.90 Å². The lowest BCUT2D eigenvalue weighted by atomic mass is 9.98. The van der Waals surface area contributed by atoms with Crippen molar-refractivity contribution in [3.05, 3.63) is 24.5 Å². The molecule has 3 atom stereocenters. The third-order valence-corrected chi connectivity index (χ3v) is 6.75. The molecule has 2 heterocycles. The van der Waals surface area contributed by atoms with Gasteiger partial charge in [-0.25, -0.2) is 8.42 Å². The maximum absolute atomic E-state index is 12.4. The van der Waals surface area contributed by atoms with Gasteiger partial charge >= 0.3 is 0 Å². The highest BCUT2D eigenvalue weighted by atomic mass is 35.5. The lowest BCUT2D eigenvalue weighted by molar-refractivity contribution is -0.130. The number of likely N-dealkylation sites (N-methyl/N-ethyl adjacent to an activating group) is 1. The van der Waals surface area contributed by atoms with Gasteiger partial charge in [0.05, 0.1) is 6.54 Å². The first kappa shape index (κ1) is 19.1. The first-order chi connectivity index (χ1) is 10.9. The number of nitrogens with zero attached hydrogens (tertiary/aromatic N) is 3. The molecule has 1 saturated carbocycles. The van der Waals surface area contributed by atoms with E-state index in [-0.39, 0.29) is 35.8 Å². The molecule has 3 rings (SSSR count). The fourth-order valence-electron chi connectivity index (χ4n) is 3.57. The third-order valence-electron chi connectivity index (χ3n) is 4.97. The van der Waals surface area contributed by atoms with Crippen molar-refractivity contribution in [1.29, 1.82) is 0 Å². The smallest absolute Gasteiger partial charge is 0.244 e. The van der Waals surface area contributed by atoms with Crippen molar-refractivity contribution in [1.82, 2.24) is 14.2 Å². The highest BCUT2D eigenvalue weighted by Crippen LogP contribution is 2.37. The molecule has 1 aromatic rings. The summed E-state index contributed by atoms with van der Waals surface area (Å²) in [5.41, 5.74) is 6.08. The number of carbonyl (C=O) groups excluding carboxylic acids is 1. The zero-order chi connectivity index (χ0) is 16.6. The summed E-state index contributed by atoms with van der Waals surface area (Å²) in [6.45, 7) is 1.18. The van der Waals surface area contributed by atoms with Crippen LogP contribution in [0.15, 0.2) is 29.4 Å². The molecule has 1 aromatic heterocycles. The number of pyridine rings is 1. The summed E-state index contributed by atoms with van der Waals surface area (Å²) in [6.07, 6.45) is 4.87. The average Bonchev–Trinajstić information content (AvgIpc) is 3.10. The molecule has 134 valence electrons.